The molecule has 0 bridgehead atoms. The number of anilines is 1. The minimum atomic E-state index is -0.236. The largest absolute Gasteiger partial charge is 0.333 e. The normalized spacial score (nSPS) is 13.1. The highest BCUT2D eigenvalue weighted by Crippen LogP contribution is 2.30. The molecule has 2 aromatic carbocycles. The van der Waals surface area contributed by atoms with Crippen molar-refractivity contribution >= 4 is 17.8 Å². The Kier molecular flexibility index (Phi) is 5.93. The van der Waals surface area contributed by atoms with Gasteiger partial charge >= 0.3 is 0 Å². The molecule has 1 heterocycles. The fourth-order valence-electron chi connectivity index (χ4n) is 3.43. The molecular weight excluding hydrogens is 376 g/mol. The van der Waals surface area contributed by atoms with Gasteiger partial charge in [-0.2, -0.15) is 0 Å². The number of hydrogen-bond donors (Lipinski definition) is 1. The molecule has 0 radical (unpaired) electrons. The summed E-state index contributed by atoms with van der Waals surface area (Å²) in [6.45, 7) is 2.53. The van der Waals surface area contributed by atoms with Crippen molar-refractivity contribution in [1.82, 2.24) is 14.5 Å². The predicted molar refractivity (Wildman–Crippen MR) is 117 cm³/mol. The molecular formula is C24H26N4O2. The molecule has 1 aromatic heterocycles. The van der Waals surface area contributed by atoms with Gasteiger partial charge in [0.15, 0.2) is 0 Å². The van der Waals surface area contributed by atoms with Gasteiger partial charge < -0.3 is 4.90 Å². The monoisotopic (exact) mass is 402 g/mol. The summed E-state index contributed by atoms with van der Waals surface area (Å²) in [5, 5.41) is 2.92. The molecule has 0 saturated heterocycles. The van der Waals surface area contributed by atoms with E-state index in [1.807, 2.05) is 78.4 Å². The van der Waals surface area contributed by atoms with E-state index in [1.54, 1.807) is 4.90 Å². The third-order valence-corrected chi connectivity index (χ3v) is 5.23. The Hall–Kier alpha value is -3.41. The van der Waals surface area contributed by atoms with Gasteiger partial charge in [-0.15, -0.1) is 0 Å². The van der Waals surface area contributed by atoms with Crippen LogP contribution in [0, 0.1) is 5.92 Å². The maximum Gasteiger partial charge on any atom is 0.246 e. The standard InChI is InChI=1S/C24H26N4O2/c1-2-23(30)27(15-18-13-14-18)17-22(29)26-24-25-21(19-9-5-3-6-10-19)16-28(24)20-11-7-4-8-12-20/h3-12,16,18H,2,13-15,17H2,1H3,(H,25,26,29). The zero-order valence-electron chi connectivity index (χ0n) is 17.1. The highest BCUT2D eigenvalue weighted by molar-refractivity contribution is 5.93. The highest BCUT2D eigenvalue weighted by Gasteiger charge is 2.27. The van der Waals surface area contributed by atoms with Gasteiger partial charge in [0.1, 0.15) is 0 Å². The summed E-state index contributed by atoms with van der Waals surface area (Å²) in [6, 6.07) is 19.6. The first-order valence-electron chi connectivity index (χ1n) is 10.4. The van der Waals surface area contributed by atoms with Gasteiger partial charge in [0, 0.05) is 30.4 Å². The highest BCUT2D eigenvalue weighted by atomic mass is 16.2. The van der Waals surface area contributed by atoms with Crippen molar-refractivity contribution in [3.63, 3.8) is 0 Å². The van der Waals surface area contributed by atoms with Crippen LogP contribution in [0.25, 0.3) is 16.9 Å². The lowest BCUT2D eigenvalue weighted by molar-refractivity contribution is -0.134. The lowest BCUT2D eigenvalue weighted by Crippen LogP contribution is -2.39. The minimum Gasteiger partial charge on any atom is -0.333 e. The van der Waals surface area contributed by atoms with Gasteiger partial charge in [-0.1, -0.05) is 55.5 Å². The van der Waals surface area contributed by atoms with Gasteiger partial charge in [-0.05, 0) is 30.9 Å². The Morgan fingerprint density at radius 1 is 1.07 bits per heavy atom. The Bertz CT molecular complexity index is 1010. The van der Waals surface area contributed by atoms with Crippen LogP contribution in [0.3, 0.4) is 0 Å². The van der Waals surface area contributed by atoms with Gasteiger partial charge in [0.05, 0.1) is 12.2 Å². The summed E-state index contributed by atoms with van der Waals surface area (Å²) in [4.78, 5) is 31.4. The first-order chi connectivity index (χ1) is 14.6. The third kappa shape index (κ3) is 4.76. The predicted octanol–water partition coefficient (Wildman–Crippen LogP) is 4.13. The van der Waals surface area contributed by atoms with E-state index >= 15 is 0 Å². The number of carbonyl (C=O) groups is 2. The SMILES string of the molecule is CCC(=O)N(CC(=O)Nc1nc(-c2ccccc2)cn1-c1ccccc1)CC1CC1. The van der Waals surface area contributed by atoms with Crippen LogP contribution >= 0.6 is 0 Å². The van der Waals surface area contributed by atoms with Crippen molar-refractivity contribution < 1.29 is 9.59 Å². The number of hydrogen-bond acceptors (Lipinski definition) is 3. The molecule has 1 N–H and O–H groups in total. The fourth-order valence-corrected chi connectivity index (χ4v) is 3.43. The summed E-state index contributed by atoms with van der Waals surface area (Å²) in [7, 11) is 0. The number of para-hydroxylation sites is 1. The molecule has 1 aliphatic carbocycles. The van der Waals surface area contributed by atoms with Crippen LogP contribution in [0.4, 0.5) is 5.95 Å². The number of nitrogens with zero attached hydrogens (tertiary/aromatic N) is 3. The van der Waals surface area contributed by atoms with E-state index in [-0.39, 0.29) is 18.4 Å². The van der Waals surface area contributed by atoms with E-state index in [9.17, 15) is 9.59 Å². The molecule has 0 unspecified atom stereocenters. The first-order valence-corrected chi connectivity index (χ1v) is 10.4. The van der Waals surface area contributed by atoms with Crippen LogP contribution in [-0.2, 0) is 9.59 Å². The zero-order chi connectivity index (χ0) is 20.9. The summed E-state index contributed by atoms with van der Waals surface area (Å²) in [5.41, 5.74) is 2.65. The Morgan fingerprint density at radius 2 is 1.73 bits per heavy atom. The van der Waals surface area contributed by atoms with E-state index < -0.39 is 0 Å². The molecule has 1 saturated carbocycles. The van der Waals surface area contributed by atoms with Crippen LogP contribution < -0.4 is 5.32 Å². The molecule has 0 aliphatic heterocycles. The summed E-state index contributed by atoms with van der Waals surface area (Å²) in [6.07, 6.45) is 4.58. The van der Waals surface area contributed by atoms with E-state index in [0.29, 0.717) is 24.8 Å². The number of amides is 2. The topological polar surface area (TPSA) is 67.2 Å². The van der Waals surface area contributed by atoms with E-state index in [1.165, 1.54) is 0 Å². The van der Waals surface area contributed by atoms with E-state index in [0.717, 1.165) is 29.8 Å². The smallest absolute Gasteiger partial charge is 0.246 e. The second-order valence-electron chi connectivity index (χ2n) is 7.64. The number of nitrogens with one attached hydrogen (secondary N) is 1. The van der Waals surface area contributed by atoms with Gasteiger partial charge in [0.25, 0.3) is 0 Å². The van der Waals surface area contributed by atoms with Crippen molar-refractivity contribution in [1.29, 1.82) is 0 Å². The average Bonchev–Trinajstić information content (AvgIpc) is 3.51. The number of aromatic nitrogens is 2. The summed E-state index contributed by atoms with van der Waals surface area (Å²) >= 11 is 0. The van der Waals surface area contributed by atoms with Crippen molar-refractivity contribution in [2.45, 2.75) is 26.2 Å². The molecule has 0 spiro atoms. The van der Waals surface area contributed by atoms with Crippen LogP contribution in [0.1, 0.15) is 26.2 Å². The third-order valence-electron chi connectivity index (χ3n) is 5.23. The van der Waals surface area contributed by atoms with Crippen molar-refractivity contribution in [3.05, 3.63) is 66.9 Å². The number of imidazole rings is 1. The fraction of sp³-hybridized carbons (Fsp3) is 0.292. The van der Waals surface area contributed by atoms with Crippen LogP contribution in [0.5, 0.6) is 0 Å². The Balaban J connectivity index is 1.58. The van der Waals surface area contributed by atoms with E-state index in [2.05, 4.69) is 10.3 Å². The molecule has 1 fully saturated rings. The molecule has 30 heavy (non-hydrogen) atoms. The molecule has 6 heteroatoms. The molecule has 6 nitrogen and oxygen atoms in total. The van der Waals surface area contributed by atoms with Gasteiger partial charge in [-0.25, -0.2) is 4.98 Å². The van der Waals surface area contributed by atoms with Crippen molar-refractivity contribution in [3.8, 4) is 16.9 Å². The molecule has 1 aliphatic rings. The van der Waals surface area contributed by atoms with Crippen LogP contribution in [-0.4, -0.2) is 39.4 Å². The quantitative estimate of drug-likeness (QED) is 0.616. The van der Waals surface area contributed by atoms with Crippen molar-refractivity contribution in [2.75, 3.05) is 18.4 Å². The molecule has 154 valence electrons. The maximum atomic E-state index is 12.8. The second-order valence-corrected chi connectivity index (χ2v) is 7.64. The Morgan fingerprint density at radius 3 is 2.37 bits per heavy atom. The average molecular weight is 402 g/mol. The number of rotatable bonds is 8. The first kappa shape index (κ1) is 19.9. The number of carbonyl (C=O) groups excluding carboxylic acids is 2. The van der Waals surface area contributed by atoms with Gasteiger partial charge in [-0.3, -0.25) is 19.5 Å². The van der Waals surface area contributed by atoms with Crippen molar-refractivity contribution in [2.24, 2.45) is 5.92 Å². The lowest BCUT2D eigenvalue weighted by atomic mass is 10.2. The maximum absolute atomic E-state index is 12.8. The molecule has 4 rings (SSSR count). The van der Waals surface area contributed by atoms with Gasteiger partial charge in [0.2, 0.25) is 17.8 Å². The van der Waals surface area contributed by atoms with E-state index in [4.69, 9.17) is 0 Å². The zero-order valence-corrected chi connectivity index (χ0v) is 17.1. The van der Waals surface area contributed by atoms with Crippen LogP contribution in [0.15, 0.2) is 66.9 Å². The molecule has 2 amide bonds. The van der Waals surface area contributed by atoms with Crippen LogP contribution in [0.2, 0.25) is 0 Å². The molecule has 3 aromatic rings. The molecule has 0 atom stereocenters. The summed E-state index contributed by atoms with van der Waals surface area (Å²) in [5.74, 6) is 0.748. The Labute approximate surface area is 176 Å². The summed E-state index contributed by atoms with van der Waals surface area (Å²) < 4.78 is 1.87. The lowest BCUT2D eigenvalue weighted by Gasteiger charge is -2.21. The second kappa shape index (κ2) is 8.95. The minimum absolute atomic E-state index is 0.00780. The number of benzene rings is 2.